The summed E-state index contributed by atoms with van der Waals surface area (Å²) in [6.07, 6.45) is 0. The molecule has 1 heterocycles. The van der Waals surface area contributed by atoms with Gasteiger partial charge in [0.2, 0.25) is 0 Å². The van der Waals surface area contributed by atoms with Crippen LogP contribution in [0.25, 0.3) is 0 Å². The smallest absolute Gasteiger partial charge is 0.337 e. The molecule has 3 rings (SSSR count). The number of esters is 1. The molecule has 30 heavy (non-hydrogen) atoms. The lowest BCUT2D eigenvalue weighted by Crippen LogP contribution is -2.23. The zero-order valence-corrected chi connectivity index (χ0v) is 17.2. The Morgan fingerprint density at radius 1 is 0.867 bits per heavy atom. The van der Waals surface area contributed by atoms with E-state index in [1.807, 2.05) is 0 Å². The van der Waals surface area contributed by atoms with Crippen molar-refractivity contribution in [1.82, 2.24) is 5.32 Å². The molecule has 0 fully saturated rings. The predicted molar refractivity (Wildman–Crippen MR) is 114 cm³/mol. The summed E-state index contributed by atoms with van der Waals surface area (Å²) in [7, 11) is 2.88. The summed E-state index contributed by atoms with van der Waals surface area (Å²) in [6.45, 7) is 0.282. The lowest BCUT2D eigenvalue weighted by molar-refractivity contribution is 0.0600. The van der Waals surface area contributed by atoms with Crippen molar-refractivity contribution in [2.75, 3.05) is 19.5 Å². The van der Waals surface area contributed by atoms with E-state index in [0.717, 1.165) is 5.56 Å². The van der Waals surface area contributed by atoms with Gasteiger partial charge in [0.1, 0.15) is 10.6 Å². The number of rotatable bonds is 7. The maximum Gasteiger partial charge on any atom is 0.337 e. The fourth-order valence-corrected chi connectivity index (χ4v) is 3.43. The van der Waals surface area contributed by atoms with E-state index >= 15 is 0 Å². The first-order chi connectivity index (χ1) is 14.5. The first-order valence-electron chi connectivity index (χ1n) is 9.00. The molecule has 2 amide bonds. The number of amides is 2. The van der Waals surface area contributed by atoms with Gasteiger partial charge in [0.25, 0.3) is 11.8 Å². The molecule has 0 unspecified atom stereocenters. The molecule has 154 valence electrons. The van der Waals surface area contributed by atoms with Gasteiger partial charge in [-0.3, -0.25) is 9.59 Å². The van der Waals surface area contributed by atoms with Crippen LogP contribution in [0.5, 0.6) is 5.75 Å². The zero-order valence-electron chi connectivity index (χ0n) is 16.4. The number of methoxy groups -OCH3 is 2. The van der Waals surface area contributed by atoms with Crippen LogP contribution in [0, 0.1) is 0 Å². The highest BCUT2D eigenvalue weighted by Crippen LogP contribution is 2.23. The summed E-state index contributed by atoms with van der Waals surface area (Å²) in [5.41, 5.74) is 2.17. The number of nitrogens with one attached hydrogen (secondary N) is 2. The molecular formula is C22H20N2O5S. The van der Waals surface area contributed by atoms with Crippen LogP contribution < -0.4 is 15.4 Å². The summed E-state index contributed by atoms with van der Waals surface area (Å²) in [5.74, 6) is -0.376. The standard InChI is InChI=1S/C22H20N2O5S/c1-28-17-9-7-15(8-10-17)20(25)24-18-11-12-30-19(18)21(26)23-13-14-3-5-16(6-4-14)22(27)29-2/h3-12H,13H2,1-2H3,(H,23,26)(H,24,25). The van der Waals surface area contributed by atoms with E-state index in [-0.39, 0.29) is 18.4 Å². The monoisotopic (exact) mass is 424 g/mol. The van der Waals surface area contributed by atoms with E-state index in [1.165, 1.54) is 18.4 Å². The summed E-state index contributed by atoms with van der Waals surface area (Å²) in [4.78, 5) is 36.9. The zero-order chi connectivity index (χ0) is 21.5. The van der Waals surface area contributed by atoms with Crippen molar-refractivity contribution in [2.45, 2.75) is 6.54 Å². The van der Waals surface area contributed by atoms with Gasteiger partial charge in [0.15, 0.2) is 0 Å². The Hall–Kier alpha value is -3.65. The molecule has 1 aromatic heterocycles. The molecule has 0 saturated carbocycles. The van der Waals surface area contributed by atoms with E-state index in [1.54, 1.807) is 67.1 Å². The maximum atomic E-state index is 12.6. The molecule has 8 heteroatoms. The number of ether oxygens (including phenoxy) is 2. The number of thiophene rings is 1. The second kappa shape index (κ2) is 9.71. The van der Waals surface area contributed by atoms with Gasteiger partial charge in [-0.2, -0.15) is 0 Å². The van der Waals surface area contributed by atoms with E-state index in [9.17, 15) is 14.4 Å². The highest BCUT2D eigenvalue weighted by molar-refractivity contribution is 7.12. The van der Waals surface area contributed by atoms with E-state index in [4.69, 9.17) is 4.74 Å². The van der Waals surface area contributed by atoms with Gasteiger partial charge in [-0.25, -0.2) is 4.79 Å². The van der Waals surface area contributed by atoms with Crippen molar-refractivity contribution < 1.29 is 23.9 Å². The molecule has 0 aliphatic heterocycles. The van der Waals surface area contributed by atoms with Crippen LogP contribution in [0.4, 0.5) is 5.69 Å². The molecule has 0 radical (unpaired) electrons. The first-order valence-corrected chi connectivity index (χ1v) is 9.88. The van der Waals surface area contributed by atoms with Gasteiger partial charge in [-0.15, -0.1) is 11.3 Å². The second-order valence-electron chi connectivity index (χ2n) is 6.22. The molecule has 0 aliphatic carbocycles. The lowest BCUT2D eigenvalue weighted by atomic mass is 10.1. The Balaban J connectivity index is 1.61. The summed E-state index contributed by atoms with van der Waals surface area (Å²) in [6, 6.07) is 15.1. The Labute approximate surface area is 177 Å². The van der Waals surface area contributed by atoms with Crippen LogP contribution in [0.2, 0.25) is 0 Å². The second-order valence-corrected chi connectivity index (χ2v) is 7.13. The third-order valence-corrected chi connectivity index (χ3v) is 5.21. The average Bonchev–Trinajstić information content (AvgIpc) is 3.25. The van der Waals surface area contributed by atoms with Gasteiger partial charge >= 0.3 is 5.97 Å². The molecule has 2 aromatic carbocycles. The summed E-state index contributed by atoms with van der Waals surface area (Å²) >= 11 is 1.24. The van der Waals surface area contributed by atoms with Crippen LogP contribution in [-0.2, 0) is 11.3 Å². The van der Waals surface area contributed by atoms with Crippen molar-refractivity contribution in [2.24, 2.45) is 0 Å². The SMILES string of the molecule is COC(=O)c1ccc(CNC(=O)c2sccc2NC(=O)c2ccc(OC)cc2)cc1. The minimum Gasteiger partial charge on any atom is -0.497 e. The van der Waals surface area contributed by atoms with E-state index in [2.05, 4.69) is 15.4 Å². The van der Waals surface area contributed by atoms with Crippen LogP contribution in [0.3, 0.4) is 0 Å². The molecule has 0 aliphatic rings. The number of hydrogen-bond donors (Lipinski definition) is 2. The largest absolute Gasteiger partial charge is 0.497 e. The normalized spacial score (nSPS) is 10.2. The van der Waals surface area contributed by atoms with E-state index < -0.39 is 5.97 Å². The van der Waals surface area contributed by atoms with Gasteiger partial charge in [0.05, 0.1) is 25.5 Å². The number of benzene rings is 2. The van der Waals surface area contributed by atoms with Crippen molar-refractivity contribution >= 4 is 34.8 Å². The number of carbonyl (C=O) groups is 3. The van der Waals surface area contributed by atoms with E-state index in [0.29, 0.717) is 27.4 Å². The Kier molecular flexibility index (Phi) is 6.82. The molecule has 3 aromatic rings. The minimum absolute atomic E-state index is 0.282. The number of hydrogen-bond acceptors (Lipinski definition) is 6. The van der Waals surface area contributed by atoms with Gasteiger partial charge < -0.3 is 20.1 Å². The minimum atomic E-state index is -0.415. The van der Waals surface area contributed by atoms with Gasteiger partial charge in [-0.05, 0) is 53.4 Å². The van der Waals surface area contributed by atoms with Crippen molar-refractivity contribution in [3.05, 3.63) is 81.5 Å². The topological polar surface area (TPSA) is 93.7 Å². The fraction of sp³-hybridized carbons (Fsp3) is 0.136. The van der Waals surface area contributed by atoms with Crippen molar-refractivity contribution in [3.63, 3.8) is 0 Å². The van der Waals surface area contributed by atoms with Gasteiger partial charge in [0, 0.05) is 12.1 Å². The third kappa shape index (κ3) is 5.03. The number of anilines is 1. The molecule has 0 saturated heterocycles. The highest BCUT2D eigenvalue weighted by atomic mass is 32.1. The third-order valence-electron chi connectivity index (χ3n) is 4.30. The summed E-state index contributed by atoms with van der Waals surface area (Å²) < 4.78 is 9.75. The Bertz CT molecular complexity index is 1040. The quantitative estimate of drug-likeness (QED) is 0.564. The molecule has 7 nitrogen and oxygen atoms in total. The molecule has 0 spiro atoms. The van der Waals surface area contributed by atoms with Gasteiger partial charge in [-0.1, -0.05) is 12.1 Å². The van der Waals surface area contributed by atoms with Crippen molar-refractivity contribution in [3.8, 4) is 5.75 Å². The van der Waals surface area contributed by atoms with Crippen molar-refractivity contribution in [1.29, 1.82) is 0 Å². The molecular weight excluding hydrogens is 404 g/mol. The Morgan fingerprint density at radius 3 is 2.17 bits per heavy atom. The molecule has 0 atom stereocenters. The summed E-state index contributed by atoms with van der Waals surface area (Å²) in [5, 5.41) is 7.33. The van der Waals surface area contributed by atoms with Crippen LogP contribution >= 0.6 is 11.3 Å². The highest BCUT2D eigenvalue weighted by Gasteiger charge is 2.16. The average molecular weight is 424 g/mol. The fourth-order valence-electron chi connectivity index (χ4n) is 2.66. The van der Waals surface area contributed by atoms with Crippen LogP contribution in [0.1, 0.15) is 36.0 Å². The van der Waals surface area contributed by atoms with Crippen LogP contribution in [0.15, 0.2) is 60.0 Å². The van der Waals surface area contributed by atoms with Crippen LogP contribution in [-0.4, -0.2) is 32.0 Å². The lowest BCUT2D eigenvalue weighted by Gasteiger charge is -2.09. The molecule has 2 N–H and O–H groups in total. The maximum absolute atomic E-state index is 12.6. The Morgan fingerprint density at radius 2 is 1.53 bits per heavy atom. The number of carbonyl (C=O) groups excluding carboxylic acids is 3. The first kappa shape index (κ1) is 21.1. The predicted octanol–water partition coefficient (Wildman–Crippen LogP) is 3.73. The molecule has 0 bridgehead atoms.